The Kier molecular flexibility index (Phi) is 4.00. The number of carbonyl (C=O) groups excluding carboxylic acids is 1. The van der Waals surface area contributed by atoms with Crippen LogP contribution in [0.25, 0.3) is 22.0 Å². The average molecular weight is 375 g/mol. The van der Waals surface area contributed by atoms with Crippen molar-refractivity contribution in [2.45, 2.75) is 17.9 Å². The van der Waals surface area contributed by atoms with E-state index in [0.717, 1.165) is 22.1 Å². The van der Waals surface area contributed by atoms with Gasteiger partial charge in [-0.15, -0.1) is 10.8 Å². The molecule has 26 heavy (non-hydrogen) atoms. The topological polar surface area (TPSA) is 97.4 Å². The number of aromatic nitrogens is 1. The lowest BCUT2D eigenvalue weighted by atomic mass is 9.99. The fourth-order valence-corrected chi connectivity index (χ4v) is 4.83. The molecule has 2 aromatic carbocycles. The molecule has 8 heteroatoms. The molecule has 1 aliphatic rings. The number of fused-ring (bicyclic) bond motifs is 2. The zero-order valence-corrected chi connectivity index (χ0v) is 14.7. The van der Waals surface area contributed by atoms with Gasteiger partial charge in [0.1, 0.15) is 5.82 Å². The molecule has 2 heterocycles. The molecule has 1 aromatic heterocycles. The van der Waals surface area contributed by atoms with Crippen molar-refractivity contribution < 1.29 is 18.3 Å². The summed E-state index contributed by atoms with van der Waals surface area (Å²) >= 11 is 0. The number of aromatic amines is 1. The van der Waals surface area contributed by atoms with Crippen molar-refractivity contribution in [2.24, 2.45) is 0 Å². The Morgan fingerprint density at radius 1 is 1.27 bits per heavy atom. The van der Waals surface area contributed by atoms with E-state index in [9.17, 15) is 18.3 Å². The molecule has 0 spiro atoms. The van der Waals surface area contributed by atoms with Crippen LogP contribution in [0, 0.1) is 5.82 Å². The molecule has 136 valence electrons. The lowest BCUT2D eigenvalue weighted by Crippen LogP contribution is -2.31. The van der Waals surface area contributed by atoms with Gasteiger partial charge in [-0.25, -0.2) is 9.11 Å². The van der Waals surface area contributed by atoms with Crippen molar-refractivity contribution in [3.05, 3.63) is 54.0 Å². The summed E-state index contributed by atoms with van der Waals surface area (Å²) in [5.41, 5.74) is 3.18. The molecular weight excluding hydrogens is 357 g/mol. The molecule has 1 aliphatic heterocycles. The van der Waals surface area contributed by atoms with Gasteiger partial charge in [0.2, 0.25) is 5.91 Å². The molecule has 1 atom stereocenters. The van der Waals surface area contributed by atoms with Gasteiger partial charge in [-0.05, 0) is 41.5 Å². The second-order valence-corrected chi connectivity index (χ2v) is 8.07. The zero-order chi connectivity index (χ0) is 18.5. The molecule has 0 saturated carbocycles. The van der Waals surface area contributed by atoms with Crippen LogP contribution in [0.5, 0.6) is 0 Å². The van der Waals surface area contributed by atoms with Crippen LogP contribution in [0.1, 0.15) is 18.5 Å². The Labute approximate surface area is 150 Å². The van der Waals surface area contributed by atoms with Crippen molar-refractivity contribution in [2.75, 3.05) is 6.54 Å². The second-order valence-electron chi connectivity index (χ2n) is 6.30. The van der Waals surface area contributed by atoms with Gasteiger partial charge in [0.25, 0.3) is 0 Å². The van der Waals surface area contributed by atoms with E-state index in [4.69, 9.17) is 0 Å². The zero-order valence-electron chi connectivity index (χ0n) is 13.9. The maximum Gasteiger partial charge on any atom is 0.216 e. The number of hydrogen-bond acceptors (Lipinski definition) is 4. The lowest BCUT2D eigenvalue weighted by molar-refractivity contribution is -0.119. The molecule has 0 radical (unpaired) electrons. The molecule has 3 aromatic rings. The first kappa shape index (κ1) is 17.0. The van der Waals surface area contributed by atoms with Gasteiger partial charge >= 0.3 is 0 Å². The van der Waals surface area contributed by atoms with Crippen LogP contribution in [0.15, 0.2) is 47.5 Å². The van der Waals surface area contributed by atoms with Gasteiger partial charge in [0.15, 0.2) is 0 Å². The van der Waals surface area contributed by atoms with Gasteiger partial charge in [-0.2, -0.15) is 0 Å². The van der Waals surface area contributed by atoms with Gasteiger partial charge in [0, 0.05) is 36.1 Å². The van der Waals surface area contributed by atoms with Crippen LogP contribution in [-0.4, -0.2) is 26.5 Å². The largest absolute Gasteiger partial charge is 0.360 e. The van der Waals surface area contributed by atoms with E-state index in [-0.39, 0.29) is 18.3 Å². The monoisotopic (exact) mass is 375 g/mol. The standard InChI is InChI=1S/C18H18FN3O3S/c1-10(23)20-9-17-14-6-11(2-5-18(14)26(24,25)22-17)15-8-21-16-7-12(19)3-4-13(15)16/h2-8,17,21-22,24-25H,9H2,1H3,(H,20,23). The number of hydrogen-bond donors (Lipinski definition) is 5. The fourth-order valence-electron chi connectivity index (χ4n) is 3.31. The summed E-state index contributed by atoms with van der Waals surface area (Å²) < 4.78 is 36.7. The minimum absolute atomic E-state index is 0.188. The maximum absolute atomic E-state index is 13.4. The highest BCUT2D eigenvalue weighted by atomic mass is 32.3. The van der Waals surface area contributed by atoms with E-state index in [1.807, 2.05) is 6.07 Å². The van der Waals surface area contributed by atoms with Crippen molar-refractivity contribution in [1.29, 1.82) is 0 Å². The third-order valence-electron chi connectivity index (χ3n) is 4.51. The Hall–Kier alpha value is -2.39. The van der Waals surface area contributed by atoms with E-state index in [2.05, 4.69) is 15.0 Å². The van der Waals surface area contributed by atoms with Crippen molar-refractivity contribution in [1.82, 2.24) is 15.0 Å². The highest BCUT2D eigenvalue weighted by Crippen LogP contribution is 2.55. The van der Waals surface area contributed by atoms with Crippen LogP contribution >= 0.6 is 10.8 Å². The SMILES string of the molecule is CC(=O)NCC1NS(O)(O)c2ccc(-c3c[nH]c4cc(F)ccc34)cc21. The van der Waals surface area contributed by atoms with Gasteiger partial charge < -0.3 is 10.3 Å². The molecule has 6 nitrogen and oxygen atoms in total. The van der Waals surface area contributed by atoms with E-state index in [0.29, 0.717) is 10.4 Å². The molecule has 5 N–H and O–H groups in total. The first-order valence-corrected chi connectivity index (χ1v) is 9.61. The third kappa shape index (κ3) is 2.86. The summed E-state index contributed by atoms with van der Waals surface area (Å²) in [6, 6.07) is 9.52. The maximum atomic E-state index is 13.4. The van der Waals surface area contributed by atoms with Crippen LogP contribution in [-0.2, 0) is 4.79 Å². The second kappa shape index (κ2) is 6.10. The Morgan fingerprint density at radius 3 is 2.85 bits per heavy atom. The normalized spacial score (nSPS) is 19.3. The van der Waals surface area contributed by atoms with Crippen molar-refractivity contribution >= 4 is 27.6 Å². The summed E-state index contributed by atoms with van der Waals surface area (Å²) in [5.74, 6) is -0.500. The quantitative estimate of drug-likeness (QED) is 0.481. The van der Waals surface area contributed by atoms with Gasteiger partial charge in [0.05, 0.1) is 10.9 Å². The van der Waals surface area contributed by atoms with E-state index < -0.39 is 16.8 Å². The lowest BCUT2D eigenvalue weighted by Gasteiger charge is -2.28. The number of amides is 1. The molecule has 0 bridgehead atoms. The van der Waals surface area contributed by atoms with Crippen molar-refractivity contribution in [3.63, 3.8) is 0 Å². The Balaban J connectivity index is 1.78. The summed E-state index contributed by atoms with van der Waals surface area (Å²) in [4.78, 5) is 14.7. The van der Waals surface area contributed by atoms with Crippen molar-refractivity contribution in [3.8, 4) is 11.1 Å². The predicted octanol–water partition coefficient (Wildman–Crippen LogP) is 3.78. The van der Waals surface area contributed by atoms with E-state index in [1.54, 1.807) is 24.4 Å². The smallest absolute Gasteiger partial charge is 0.216 e. The van der Waals surface area contributed by atoms with Crippen LogP contribution in [0.3, 0.4) is 0 Å². The van der Waals surface area contributed by atoms with E-state index in [1.165, 1.54) is 19.1 Å². The Bertz CT molecular complexity index is 1020. The molecule has 1 amide bonds. The number of H-pyrrole nitrogens is 1. The predicted molar refractivity (Wildman–Crippen MR) is 99.4 cm³/mol. The minimum Gasteiger partial charge on any atom is -0.360 e. The Morgan fingerprint density at radius 2 is 2.08 bits per heavy atom. The molecule has 0 saturated heterocycles. The summed E-state index contributed by atoms with van der Waals surface area (Å²) in [7, 11) is -3.10. The third-order valence-corrected chi connectivity index (χ3v) is 6.11. The summed E-state index contributed by atoms with van der Waals surface area (Å²) in [6.45, 7) is 1.66. The first-order chi connectivity index (χ1) is 12.3. The van der Waals surface area contributed by atoms with Crippen LogP contribution in [0.2, 0.25) is 0 Å². The highest BCUT2D eigenvalue weighted by Gasteiger charge is 2.34. The molecule has 4 rings (SSSR count). The highest BCUT2D eigenvalue weighted by molar-refractivity contribution is 8.22. The summed E-state index contributed by atoms with van der Waals surface area (Å²) in [5, 5.41) is 3.58. The van der Waals surface area contributed by atoms with E-state index >= 15 is 0 Å². The molecule has 0 aliphatic carbocycles. The number of nitrogens with one attached hydrogen (secondary N) is 3. The number of carbonyl (C=O) groups is 1. The minimum atomic E-state index is -3.10. The number of rotatable bonds is 3. The number of benzene rings is 2. The van der Waals surface area contributed by atoms with Gasteiger partial charge in [-0.1, -0.05) is 6.07 Å². The molecule has 0 fully saturated rings. The molecular formula is C18H18FN3O3S. The average Bonchev–Trinajstić information content (AvgIpc) is 3.11. The van der Waals surface area contributed by atoms with Crippen LogP contribution < -0.4 is 10.0 Å². The first-order valence-electron chi connectivity index (χ1n) is 8.06. The van der Waals surface area contributed by atoms with Crippen LogP contribution in [0.4, 0.5) is 4.39 Å². The summed E-state index contributed by atoms with van der Waals surface area (Å²) in [6.07, 6.45) is 1.80. The van der Waals surface area contributed by atoms with Gasteiger partial charge in [-0.3, -0.25) is 13.9 Å². The fraction of sp³-hybridized carbons (Fsp3) is 0.167. The number of halogens is 1. The molecule has 1 unspecified atom stereocenters.